The molecule has 0 amide bonds. The normalized spacial score (nSPS) is 17.0. The predicted molar refractivity (Wildman–Crippen MR) is 73.0 cm³/mol. The third-order valence-electron chi connectivity index (χ3n) is 2.93. The molecule has 1 fully saturated rings. The van der Waals surface area contributed by atoms with Crippen molar-refractivity contribution in [1.82, 2.24) is 0 Å². The van der Waals surface area contributed by atoms with E-state index < -0.39 is 0 Å². The van der Waals surface area contributed by atoms with Gasteiger partial charge >= 0.3 is 0 Å². The van der Waals surface area contributed by atoms with Crippen LogP contribution in [0.1, 0.15) is 26.7 Å². The second-order valence-electron chi connectivity index (χ2n) is 5.90. The molecule has 0 N–H and O–H groups in total. The highest BCUT2D eigenvalue weighted by Crippen LogP contribution is 2.45. The van der Waals surface area contributed by atoms with Gasteiger partial charge in [-0.25, -0.2) is 0 Å². The van der Waals surface area contributed by atoms with Crippen molar-refractivity contribution in [1.29, 1.82) is 0 Å². The molecule has 0 heterocycles. The molecule has 4 heteroatoms. The Hall–Kier alpha value is -0.160. The van der Waals surface area contributed by atoms with Crippen LogP contribution in [0.15, 0.2) is 0 Å². The van der Waals surface area contributed by atoms with Crippen molar-refractivity contribution in [2.45, 2.75) is 26.7 Å². The lowest BCUT2D eigenvalue weighted by Gasteiger charge is -2.21. The van der Waals surface area contributed by atoms with Crippen LogP contribution >= 0.6 is 0 Å². The minimum absolute atomic E-state index is 0.156. The highest BCUT2D eigenvalue weighted by Gasteiger charge is 2.42. The molecule has 4 nitrogen and oxygen atoms in total. The molecule has 0 unspecified atom stereocenters. The SMILES string of the molecule is COCC(C)(C)COC.COCC1(COC)CC1. The summed E-state index contributed by atoms with van der Waals surface area (Å²) >= 11 is 0. The first-order valence-electron chi connectivity index (χ1n) is 6.41. The van der Waals surface area contributed by atoms with E-state index >= 15 is 0 Å². The van der Waals surface area contributed by atoms with E-state index in [9.17, 15) is 0 Å². The Labute approximate surface area is 112 Å². The standard InChI is InChI=1S/C7H14O2.C7H16O2/c1-8-5-7(3-4-7)6-9-2;1-7(2,5-8-3)6-9-4/h3-6H2,1-2H3;5-6H2,1-4H3. The summed E-state index contributed by atoms with van der Waals surface area (Å²) in [5, 5.41) is 0. The summed E-state index contributed by atoms with van der Waals surface area (Å²) in [5.41, 5.74) is 0.562. The molecule has 0 aromatic carbocycles. The van der Waals surface area contributed by atoms with Crippen molar-refractivity contribution in [3.8, 4) is 0 Å². The third-order valence-corrected chi connectivity index (χ3v) is 2.93. The van der Waals surface area contributed by atoms with Crippen molar-refractivity contribution in [2.75, 3.05) is 54.9 Å². The van der Waals surface area contributed by atoms with Crippen LogP contribution in [0.3, 0.4) is 0 Å². The van der Waals surface area contributed by atoms with Crippen molar-refractivity contribution >= 4 is 0 Å². The van der Waals surface area contributed by atoms with Crippen LogP contribution in [0.5, 0.6) is 0 Å². The maximum Gasteiger partial charge on any atom is 0.0540 e. The lowest BCUT2D eigenvalue weighted by molar-refractivity contribution is 0.0341. The fraction of sp³-hybridized carbons (Fsp3) is 1.00. The Morgan fingerprint density at radius 1 is 0.778 bits per heavy atom. The maximum absolute atomic E-state index is 5.04. The van der Waals surface area contributed by atoms with Gasteiger partial charge in [-0.1, -0.05) is 13.8 Å². The van der Waals surface area contributed by atoms with Gasteiger partial charge < -0.3 is 18.9 Å². The molecule has 18 heavy (non-hydrogen) atoms. The van der Waals surface area contributed by atoms with E-state index in [2.05, 4.69) is 13.8 Å². The first-order valence-corrected chi connectivity index (χ1v) is 6.41. The molecule has 0 aromatic rings. The van der Waals surface area contributed by atoms with Gasteiger partial charge in [0.1, 0.15) is 0 Å². The Balaban J connectivity index is 0.000000321. The molecule has 0 saturated heterocycles. The summed E-state index contributed by atoms with van der Waals surface area (Å²) in [6, 6.07) is 0. The highest BCUT2D eigenvalue weighted by atomic mass is 16.5. The molecule has 0 atom stereocenters. The first-order chi connectivity index (χ1) is 8.45. The van der Waals surface area contributed by atoms with Gasteiger partial charge in [0.15, 0.2) is 0 Å². The number of hydrogen-bond acceptors (Lipinski definition) is 4. The van der Waals surface area contributed by atoms with Gasteiger partial charge in [0, 0.05) is 39.3 Å². The highest BCUT2D eigenvalue weighted by molar-refractivity contribution is 4.92. The Bertz CT molecular complexity index is 174. The van der Waals surface area contributed by atoms with E-state index in [1.165, 1.54) is 12.8 Å². The summed E-state index contributed by atoms with van der Waals surface area (Å²) in [7, 11) is 6.90. The van der Waals surface area contributed by atoms with Gasteiger partial charge in [0.25, 0.3) is 0 Å². The summed E-state index contributed by atoms with van der Waals surface area (Å²) in [5.74, 6) is 0. The van der Waals surface area contributed by atoms with E-state index in [4.69, 9.17) is 18.9 Å². The van der Waals surface area contributed by atoms with Crippen LogP contribution in [0.25, 0.3) is 0 Å². The van der Waals surface area contributed by atoms with Gasteiger partial charge in [0.2, 0.25) is 0 Å². The summed E-state index contributed by atoms with van der Waals surface area (Å²) in [4.78, 5) is 0. The zero-order chi connectivity index (χ0) is 14.1. The maximum atomic E-state index is 5.04. The minimum Gasteiger partial charge on any atom is -0.384 e. The van der Waals surface area contributed by atoms with E-state index in [-0.39, 0.29) is 5.41 Å². The molecule has 1 aliphatic carbocycles. The monoisotopic (exact) mass is 262 g/mol. The second-order valence-corrected chi connectivity index (χ2v) is 5.90. The smallest absolute Gasteiger partial charge is 0.0540 e. The van der Waals surface area contributed by atoms with Crippen molar-refractivity contribution in [3.05, 3.63) is 0 Å². The van der Waals surface area contributed by atoms with E-state index in [1.54, 1.807) is 28.4 Å². The molecular formula is C14H30O4. The third kappa shape index (κ3) is 8.03. The van der Waals surface area contributed by atoms with Crippen LogP contribution in [-0.2, 0) is 18.9 Å². The number of ether oxygens (including phenoxy) is 4. The zero-order valence-electron chi connectivity index (χ0n) is 12.9. The Morgan fingerprint density at radius 2 is 1.17 bits per heavy atom. The Kier molecular flexibility index (Phi) is 8.78. The fourth-order valence-corrected chi connectivity index (χ4v) is 1.94. The van der Waals surface area contributed by atoms with Crippen LogP contribution in [-0.4, -0.2) is 54.9 Å². The van der Waals surface area contributed by atoms with Crippen LogP contribution in [0.2, 0.25) is 0 Å². The predicted octanol–water partition coefficient (Wildman–Crippen LogP) is 2.36. The van der Waals surface area contributed by atoms with Crippen LogP contribution in [0, 0.1) is 10.8 Å². The van der Waals surface area contributed by atoms with E-state index in [1.807, 2.05) is 0 Å². The second kappa shape index (κ2) is 8.86. The summed E-state index contributed by atoms with van der Waals surface area (Å²) in [6.45, 7) is 7.45. The molecular weight excluding hydrogens is 232 g/mol. The lowest BCUT2D eigenvalue weighted by atomic mass is 9.96. The lowest BCUT2D eigenvalue weighted by Crippen LogP contribution is -2.23. The van der Waals surface area contributed by atoms with Gasteiger partial charge in [-0.15, -0.1) is 0 Å². The fourth-order valence-electron chi connectivity index (χ4n) is 1.94. The first kappa shape index (κ1) is 17.8. The van der Waals surface area contributed by atoms with E-state index in [0.717, 1.165) is 26.4 Å². The molecule has 0 bridgehead atoms. The quantitative estimate of drug-likeness (QED) is 0.673. The molecule has 0 aromatic heterocycles. The van der Waals surface area contributed by atoms with Crippen LogP contribution < -0.4 is 0 Å². The Morgan fingerprint density at radius 3 is 1.39 bits per heavy atom. The topological polar surface area (TPSA) is 36.9 Å². The van der Waals surface area contributed by atoms with Gasteiger partial charge in [-0.05, 0) is 12.8 Å². The van der Waals surface area contributed by atoms with Crippen molar-refractivity contribution < 1.29 is 18.9 Å². The van der Waals surface area contributed by atoms with Crippen LogP contribution in [0.4, 0.5) is 0 Å². The molecule has 1 saturated carbocycles. The van der Waals surface area contributed by atoms with Crippen molar-refractivity contribution in [2.24, 2.45) is 10.8 Å². The molecule has 110 valence electrons. The van der Waals surface area contributed by atoms with E-state index in [0.29, 0.717) is 5.41 Å². The minimum atomic E-state index is 0.156. The zero-order valence-corrected chi connectivity index (χ0v) is 12.9. The molecule has 0 spiro atoms. The summed E-state index contributed by atoms with van der Waals surface area (Å²) < 4.78 is 20.0. The summed E-state index contributed by atoms with van der Waals surface area (Å²) in [6.07, 6.45) is 2.54. The van der Waals surface area contributed by atoms with Gasteiger partial charge in [-0.2, -0.15) is 0 Å². The molecule has 1 rings (SSSR count). The number of methoxy groups -OCH3 is 4. The number of hydrogen-bond donors (Lipinski definition) is 0. The van der Waals surface area contributed by atoms with Gasteiger partial charge in [0.05, 0.1) is 26.4 Å². The average molecular weight is 262 g/mol. The molecule has 1 aliphatic rings. The molecule has 0 aliphatic heterocycles. The molecule has 0 radical (unpaired) electrons. The number of rotatable bonds is 8. The van der Waals surface area contributed by atoms with Crippen molar-refractivity contribution in [3.63, 3.8) is 0 Å². The average Bonchev–Trinajstić information content (AvgIpc) is 2.99. The largest absolute Gasteiger partial charge is 0.384 e. The van der Waals surface area contributed by atoms with Gasteiger partial charge in [-0.3, -0.25) is 0 Å².